The Morgan fingerprint density at radius 1 is 0.837 bits per heavy atom. The number of aromatic nitrogens is 4. The molecule has 19 heteroatoms. The highest BCUT2D eigenvalue weighted by Crippen LogP contribution is 2.65. The van der Waals surface area contributed by atoms with Gasteiger partial charge in [0.1, 0.15) is 11.5 Å². The molecule has 86 heavy (non-hydrogen) atoms. The van der Waals surface area contributed by atoms with Crippen LogP contribution < -0.4 is 26.2 Å². The van der Waals surface area contributed by atoms with Gasteiger partial charge >= 0.3 is 5.69 Å². The van der Waals surface area contributed by atoms with Crippen molar-refractivity contribution in [3.63, 3.8) is 0 Å². The van der Waals surface area contributed by atoms with Crippen molar-refractivity contribution in [2.75, 3.05) is 64.6 Å². The maximum atomic E-state index is 12.7. The molecular formula is C67H85N9O9S. The normalized spacial score (nSPS) is 21.3. The van der Waals surface area contributed by atoms with E-state index in [1.165, 1.54) is 76.6 Å². The third-order valence-corrected chi connectivity index (χ3v) is 19.1. The van der Waals surface area contributed by atoms with E-state index in [-0.39, 0.29) is 40.5 Å². The van der Waals surface area contributed by atoms with E-state index in [1.807, 2.05) is 30.0 Å². The molecule has 1 saturated heterocycles. The Morgan fingerprint density at radius 3 is 2.10 bits per heavy atom. The summed E-state index contributed by atoms with van der Waals surface area (Å²) < 4.78 is 10.1. The first-order valence-corrected chi connectivity index (χ1v) is 30.7. The van der Waals surface area contributed by atoms with Gasteiger partial charge in [0.25, 0.3) is 5.56 Å². The fraction of sp³-hybridized carbons (Fsp3) is 0.448. The number of anilines is 3. The number of phenols is 3. The molecule has 18 nitrogen and oxygen atoms in total. The molecule has 5 heterocycles. The van der Waals surface area contributed by atoms with Gasteiger partial charge in [-0.1, -0.05) is 68.1 Å². The number of ether oxygens (including phenoxy) is 1. The topological polar surface area (TPSA) is 211 Å². The maximum Gasteiger partial charge on any atom is 0.332 e. The molecule has 2 aromatic heterocycles. The highest BCUT2D eigenvalue weighted by Gasteiger charge is 2.73. The van der Waals surface area contributed by atoms with Crippen LogP contribution in [0.3, 0.4) is 0 Å². The fourth-order valence-corrected chi connectivity index (χ4v) is 14.4. The Labute approximate surface area is 508 Å². The van der Waals surface area contributed by atoms with Gasteiger partial charge in [-0.15, -0.1) is 0 Å². The molecule has 3 aliphatic carbocycles. The summed E-state index contributed by atoms with van der Waals surface area (Å²) in [6.07, 6.45) is 6.96. The van der Waals surface area contributed by atoms with E-state index in [9.17, 15) is 34.5 Å². The molecule has 7 atom stereocenters. The Kier molecular flexibility index (Phi) is 19.3. The van der Waals surface area contributed by atoms with Crippen LogP contribution in [-0.2, 0) is 42.6 Å². The van der Waals surface area contributed by atoms with Gasteiger partial charge in [0.2, 0.25) is 5.91 Å². The second kappa shape index (κ2) is 26.3. The number of aromatic hydroxyl groups is 3. The van der Waals surface area contributed by atoms with E-state index in [0.29, 0.717) is 59.1 Å². The second-order valence-corrected chi connectivity index (χ2v) is 25.6. The largest absolute Gasteiger partial charge is 0.508 e. The number of phenolic OH excluding ortho intramolecular Hbond substituents is 3. The lowest BCUT2D eigenvalue weighted by Gasteiger charge is -2.62. The molecular weight excluding hydrogens is 1110 g/mol. The number of ketones is 1. The molecule has 7 aromatic rings. The minimum atomic E-state index is -0.940. The van der Waals surface area contributed by atoms with Crippen LogP contribution in [0.15, 0.2) is 135 Å². The number of nitrogens with zero attached hydrogens (tertiary/aromatic N) is 8. The number of Topliss-reactive ketones (excluding diaryl/α,β-unsaturated/α-hetero) is 1. The lowest BCUT2D eigenvalue weighted by atomic mass is 9.49. The van der Waals surface area contributed by atoms with Gasteiger partial charge in [-0.3, -0.25) is 28.4 Å². The first-order chi connectivity index (χ1) is 41.0. The number of hydrogen-bond acceptors (Lipinski definition) is 15. The molecule has 5 N–H and O–H groups in total. The molecule has 3 fully saturated rings. The Balaban J connectivity index is 0.000000132. The number of rotatable bonds is 11. The number of likely N-dealkylation sites (N-methyl/N-ethyl adjacent to an activating group) is 1. The summed E-state index contributed by atoms with van der Waals surface area (Å²) in [5, 5.41) is 43.3. The smallest absolute Gasteiger partial charge is 0.332 e. The van der Waals surface area contributed by atoms with Crippen LogP contribution in [0.2, 0.25) is 0 Å². The third-order valence-electron chi connectivity index (χ3n) is 18.0. The van der Waals surface area contributed by atoms with E-state index in [4.69, 9.17) is 9.84 Å². The average molecular weight is 1190 g/mol. The number of nitrogens with one attached hydrogen (secondary N) is 1. The molecule has 1 amide bonds. The first kappa shape index (κ1) is 63.1. The number of carbonyl (C=O) groups is 2. The van der Waals surface area contributed by atoms with Gasteiger partial charge in [-0.05, 0) is 176 Å². The van der Waals surface area contributed by atoms with Crippen LogP contribution in [0, 0.1) is 11.8 Å². The van der Waals surface area contributed by atoms with Crippen LogP contribution in [0.5, 0.6) is 23.0 Å². The molecule has 13 rings (SSSR count). The average Bonchev–Trinajstić information content (AvgIpc) is 1.38. The summed E-state index contributed by atoms with van der Waals surface area (Å²) in [6.45, 7) is 12.2. The SMILES string of the molecule is CC(=O)Nc1ccc(O)cc1.CC(CN1c2ccccc2Sc2ccccc21)N(C)C.CC[C@@H](c1cccc(O)c1)[C@@H](C)CN(C)C.Cn1c(=O)c2c(ncn2C)n(C)c1=O.O=C1CC[C@@]2(O)[C@H]3Cc4ccc(O)c5c4[C@@]2(CCN3CC2CC2)[C@H]1O5. The zero-order chi connectivity index (χ0) is 61.9. The Hall–Kier alpha value is -7.42. The lowest BCUT2D eigenvalue weighted by molar-refractivity contribution is -0.188. The van der Waals surface area contributed by atoms with E-state index < -0.39 is 17.1 Å². The van der Waals surface area contributed by atoms with Gasteiger partial charge < -0.3 is 49.7 Å². The predicted molar refractivity (Wildman–Crippen MR) is 339 cm³/mol. The summed E-state index contributed by atoms with van der Waals surface area (Å²) in [7, 11) is 13.3. The van der Waals surface area contributed by atoms with Gasteiger partial charge in [0, 0.05) is 87.2 Å². The van der Waals surface area contributed by atoms with Crippen molar-refractivity contribution in [3.05, 3.63) is 153 Å². The van der Waals surface area contributed by atoms with Crippen LogP contribution in [-0.4, -0.2) is 144 Å². The molecule has 1 spiro atoms. The molecule has 1 unspecified atom stereocenters. The van der Waals surface area contributed by atoms with Crippen molar-refractivity contribution in [2.45, 2.75) is 118 Å². The highest BCUT2D eigenvalue weighted by molar-refractivity contribution is 7.99. The van der Waals surface area contributed by atoms with E-state index in [2.05, 4.69) is 133 Å². The predicted octanol–water partition coefficient (Wildman–Crippen LogP) is 9.17. The number of fused-ring (bicyclic) bond motifs is 3. The summed E-state index contributed by atoms with van der Waals surface area (Å²) in [6, 6.07) is 35.5. The van der Waals surface area contributed by atoms with Gasteiger partial charge in [0.05, 0.1) is 28.7 Å². The number of aryl methyl sites for hydroxylation is 2. The number of aliphatic hydroxyl groups is 1. The summed E-state index contributed by atoms with van der Waals surface area (Å²) in [4.78, 5) is 62.5. The van der Waals surface area contributed by atoms with Crippen molar-refractivity contribution >= 4 is 51.7 Å². The van der Waals surface area contributed by atoms with Crippen LogP contribution in [0.25, 0.3) is 11.2 Å². The monoisotopic (exact) mass is 1190 g/mol. The number of piperidine rings is 1. The van der Waals surface area contributed by atoms with Crippen molar-refractivity contribution in [1.82, 2.24) is 33.4 Å². The standard InChI is InChI=1S/C20H23NO4.C17H20N2S.C14H23NO.C8H10N4O2.C8H9NO2/c22-13-4-3-12-9-15-20(24)6-5-14(23)18-19(20,16(12)17(13)25-18)7-8-21(15)10-11-1-2-11;1-13(18(2)3)12-19-14-8-4-6-10-16(14)20-17-11-7-5-9-15(17)19;1-5-14(11(2)10-15(3)4)12-7-6-8-13(16)9-12;1-10-4-9-6-5(10)7(13)12(3)8(14)11(6)2;1-6(10)9-7-2-4-8(11)5-3-7/h3-4,11,15,18,22,24H,1-2,5-10H2;4-11,13H,12H2,1-3H3;6-9,11,14,16H,5,10H2,1-4H3;4H,1-3H3;2-5,11H,1H3,(H,9,10)/t15-,18+,19+,20-;;11-,14+;;/m1.0../s1. The van der Waals surface area contributed by atoms with E-state index in [0.717, 1.165) is 67.1 Å². The second-order valence-electron chi connectivity index (χ2n) is 24.5. The number of hydrogen-bond donors (Lipinski definition) is 5. The van der Waals surface area contributed by atoms with Crippen LogP contribution in [0.4, 0.5) is 17.1 Å². The first-order valence-electron chi connectivity index (χ1n) is 29.9. The van der Waals surface area contributed by atoms with Gasteiger partial charge in [-0.2, -0.15) is 0 Å². The van der Waals surface area contributed by atoms with Crippen LogP contribution in [0.1, 0.15) is 88.8 Å². The van der Waals surface area contributed by atoms with Gasteiger partial charge in [0.15, 0.2) is 34.6 Å². The minimum absolute atomic E-state index is 0.0454. The molecule has 2 saturated carbocycles. The molecule has 6 aliphatic rings. The quantitative estimate of drug-likeness (QED) is 0.0765. The highest BCUT2D eigenvalue weighted by atomic mass is 32.2. The Morgan fingerprint density at radius 2 is 1.50 bits per heavy atom. The van der Waals surface area contributed by atoms with Crippen molar-refractivity contribution in [2.24, 2.45) is 33.0 Å². The summed E-state index contributed by atoms with van der Waals surface area (Å²) in [5.41, 5.74) is 5.22. The molecule has 0 radical (unpaired) electrons. The zero-order valence-corrected chi connectivity index (χ0v) is 52.3. The lowest BCUT2D eigenvalue weighted by Crippen LogP contribution is -2.76. The molecule has 458 valence electrons. The minimum Gasteiger partial charge on any atom is -0.508 e. The van der Waals surface area contributed by atoms with E-state index >= 15 is 0 Å². The fourth-order valence-electron chi connectivity index (χ4n) is 13.3. The Bertz CT molecular complexity index is 3650. The number of likely N-dealkylation sites (tertiary alicyclic amines) is 1. The summed E-state index contributed by atoms with van der Waals surface area (Å²) in [5.74, 6) is 2.96. The van der Waals surface area contributed by atoms with E-state index in [1.54, 1.807) is 42.9 Å². The third kappa shape index (κ3) is 12.8. The summed E-state index contributed by atoms with van der Waals surface area (Å²) >= 11 is 1.87. The van der Waals surface area contributed by atoms with Gasteiger partial charge in [-0.25, -0.2) is 9.78 Å². The maximum absolute atomic E-state index is 12.7. The van der Waals surface area contributed by atoms with Crippen molar-refractivity contribution < 1.29 is 34.8 Å². The van der Waals surface area contributed by atoms with Crippen molar-refractivity contribution in [1.29, 1.82) is 0 Å². The van der Waals surface area contributed by atoms with Crippen molar-refractivity contribution in [3.8, 4) is 23.0 Å². The zero-order valence-electron chi connectivity index (χ0n) is 51.5. The number of imidazole rings is 1. The van der Waals surface area contributed by atoms with Crippen LogP contribution >= 0.6 is 11.8 Å². The number of amides is 1. The number of carbonyl (C=O) groups excluding carboxylic acids is 2. The number of benzene rings is 5. The molecule has 3 aliphatic heterocycles. The number of para-hydroxylation sites is 2. The molecule has 5 aromatic carbocycles. The molecule has 2 bridgehead atoms.